The number of hydrogen-bond acceptors (Lipinski definition) is 5. The average molecular weight is 243 g/mol. The maximum atomic E-state index is 11.6. The lowest BCUT2D eigenvalue weighted by molar-refractivity contribution is 0.0841. The second-order valence-corrected chi connectivity index (χ2v) is 3.21. The van der Waals surface area contributed by atoms with Crippen LogP contribution in [0.5, 0.6) is 0 Å². The Morgan fingerprint density at radius 1 is 0.889 bits per heavy atom. The van der Waals surface area contributed by atoms with E-state index >= 15 is 0 Å². The molecule has 0 radical (unpaired) electrons. The predicted molar refractivity (Wildman–Crippen MR) is 61.2 cm³/mol. The summed E-state index contributed by atoms with van der Waals surface area (Å²) in [6, 6.07) is 4.89. The normalized spacial score (nSPS) is 9.56. The Hall–Kier alpha value is -2.83. The zero-order valence-corrected chi connectivity index (χ0v) is 9.20. The maximum Gasteiger partial charge on any atom is 0.289 e. The molecule has 0 aliphatic carbocycles. The first-order chi connectivity index (χ1) is 8.77. The van der Waals surface area contributed by atoms with Crippen LogP contribution < -0.4 is 10.9 Å². The quantitative estimate of drug-likeness (QED) is 0.720. The van der Waals surface area contributed by atoms with Crippen molar-refractivity contribution in [2.45, 2.75) is 0 Å². The highest BCUT2D eigenvalue weighted by Gasteiger charge is 2.10. The van der Waals surface area contributed by atoms with Gasteiger partial charge in [-0.3, -0.25) is 30.4 Å². The number of rotatable bonds is 2. The van der Waals surface area contributed by atoms with E-state index in [-0.39, 0.29) is 11.4 Å². The molecule has 2 amide bonds. The van der Waals surface area contributed by atoms with Gasteiger partial charge in [-0.15, -0.1) is 0 Å². The van der Waals surface area contributed by atoms with Crippen LogP contribution in [0.3, 0.4) is 0 Å². The second-order valence-electron chi connectivity index (χ2n) is 3.21. The van der Waals surface area contributed by atoms with Crippen LogP contribution in [0.2, 0.25) is 0 Å². The van der Waals surface area contributed by atoms with Gasteiger partial charge in [-0.25, -0.2) is 4.98 Å². The molecule has 0 atom stereocenters. The van der Waals surface area contributed by atoms with Gasteiger partial charge in [0.1, 0.15) is 11.4 Å². The van der Waals surface area contributed by atoms with E-state index < -0.39 is 11.8 Å². The molecule has 0 aliphatic heterocycles. The minimum atomic E-state index is -0.549. The first kappa shape index (κ1) is 11.6. The van der Waals surface area contributed by atoms with Gasteiger partial charge in [0, 0.05) is 18.6 Å². The van der Waals surface area contributed by atoms with Crippen LogP contribution in [0.4, 0.5) is 0 Å². The highest BCUT2D eigenvalue weighted by Crippen LogP contribution is 1.92. The standard InChI is InChI=1S/C11H9N5O2/c17-10(8-3-1-2-4-13-8)15-16-11(18)9-7-12-5-6-14-9/h1-7H,(H,15,17)(H,16,18). The summed E-state index contributed by atoms with van der Waals surface area (Å²) in [4.78, 5) is 34.5. The molecule has 0 aromatic carbocycles. The van der Waals surface area contributed by atoms with E-state index in [0.717, 1.165) is 0 Å². The fourth-order valence-electron chi connectivity index (χ4n) is 1.16. The van der Waals surface area contributed by atoms with Crippen molar-refractivity contribution in [1.82, 2.24) is 25.8 Å². The Morgan fingerprint density at radius 2 is 1.61 bits per heavy atom. The molecule has 2 heterocycles. The summed E-state index contributed by atoms with van der Waals surface area (Å²) in [7, 11) is 0. The summed E-state index contributed by atoms with van der Waals surface area (Å²) in [6.07, 6.45) is 5.61. The predicted octanol–water partition coefficient (Wildman–Crippen LogP) is -0.0536. The summed E-state index contributed by atoms with van der Waals surface area (Å²) in [5.41, 5.74) is 4.76. The Kier molecular flexibility index (Phi) is 3.55. The molecule has 7 heteroatoms. The summed E-state index contributed by atoms with van der Waals surface area (Å²) in [6.45, 7) is 0. The third kappa shape index (κ3) is 2.85. The number of nitrogens with one attached hydrogen (secondary N) is 2. The van der Waals surface area contributed by atoms with Crippen molar-refractivity contribution in [1.29, 1.82) is 0 Å². The second kappa shape index (κ2) is 5.48. The smallest absolute Gasteiger partial charge is 0.266 e. The number of aromatic nitrogens is 3. The van der Waals surface area contributed by atoms with E-state index in [1.54, 1.807) is 12.1 Å². The SMILES string of the molecule is O=C(NNC(=O)c1cnccn1)c1ccccn1. The van der Waals surface area contributed by atoms with Crippen molar-refractivity contribution < 1.29 is 9.59 Å². The van der Waals surface area contributed by atoms with Gasteiger partial charge < -0.3 is 0 Å². The van der Waals surface area contributed by atoms with E-state index in [9.17, 15) is 9.59 Å². The summed E-state index contributed by atoms with van der Waals surface area (Å²) >= 11 is 0. The van der Waals surface area contributed by atoms with Gasteiger partial charge in [0.15, 0.2) is 0 Å². The highest BCUT2D eigenvalue weighted by atomic mass is 16.2. The fourth-order valence-corrected chi connectivity index (χ4v) is 1.16. The summed E-state index contributed by atoms with van der Waals surface area (Å²) in [5.74, 6) is -1.06. The lowest BCUT2D eigenvalue weighted by Crippen LogP contribution is -2.42. The zero-order valence-electron chi connectivity index (χ0n) is 9.20. The van der Waals surface area contributed by atoms with Gasteiger partial charge in [0.25, 0.3) is 11.8 Å². The van der Waals surface area contributed by atoms with Crippen molar-refractivity contribution in [3.05, 3.63) is 54.4 Å². The van der Waals surface area contributed by atoms with E-state index in [1.807, 2.05) is 0 Å². The molecule has 0 saturated heterocycles. The highest BCUT2D eigenvalue weighted by molar-refractivity contribution is 5.97. The number of carbonyl (C=O) groups excluding carboxylic acids is 2. The van der Waals surface area contributed by atoms with Crippen LogP contribution >= 0.6 is 0 Å². The van der Waals surface area contributed by atoms with E-state index in [4.69, 9.17) is 0 Å². The monoisotopic (exact) mass is 243 g/mol. The van der Waals surface area contributed by atoms with Crippen LogP contribution in [0.15, 0.2) is 43.0 Å². The number of hydrogen-bond donors (Lipinski definition) is 2. The number of amides is 2. The fraction of sp³-hybridized carbons (Fsp3) is 0. The third-order valence-electron chi connectivity index (χ3n) is 1.98. The molecule has 0 bridgehead atoms. The topological polar surface area (TPSA) is 96.9 Å². The Labute approximate surface area is 102 Å². The minimum absolute atomic E-state index is 0.110. The van der Waals surface area contributed by atoms with Crippen LogP contribution in [0.25, 0.3) is 0 Å². The van der Waals surface area contributed by atoms with Crippen LogP contribution in [0, 0.1) is 0 Å². The Morgan fingerprint density at radius 3 is 2.22 bits per heavy atom. The largest absolute Gasteiger partial charge is 0.289 e. The summed E-state index contributed by atoms with van der Waals surface area (Å²) in [5, 5.41) is 0. The van der Waals surface area contributed by atoms with Gasteiger partial charge >= 0.3 is 0 Å². The van der Waals surface area contributed by atoms with E-state index in [0.29, 0.717) is 0 Å². The molecule has 0 fully saturated rings. The first-order valence-corrected chi connectivity index (χ1v) is 5.05. The molecule has 2 aromatic heterocycles. The zero-order chi connectivity index (χ0) is 12.8. The minimum Gasteiger partial charge on any atom is -0.266 e. The molecule has 0 unspecified atom stereocenters. The summed E-state index contributed by atoms with van der Waals surface area (Å²) < 4.78 is 0. The molecule has 2 aromatic rings. The third-order valence-corrected chi connectivity index (χ3v) is 1.98. The molecular formula is C11H9N5O2. The van der Waals surface area contributed by atoms with Gasteiger partial charge in [0.2, 0.25) is 0 Å². The number of hydrazine groups is 1. The number of pyridine rings is 1. The van der Waals surface area contributed by atoms with Crippen molar-refractivity contribution in [3.63, 3.8) is 0 Å². The lowest BCUT2D eigenvalue weighted by Gasteiger charge is -2.05. The lowest BCUT2D eigenvalue weighted by atomic mass is 10.3. The van der Waals surface area contributed by atoms with Gasteiger partial charge in [0.05, 0.1) is 6.20 Å². The molecule has 7 nitrogen and oxygen atoms in total. The van der Waals surface area contributed by atoms with Gasteiger partial charge in [-0.05, 0) is 12.1 Å². The van der Waals surface area contributed by atoms with Gasteiger partial charge in [-0.2, -0.15) is 0 Å². The van der Waals surface area contributed by atoms with Crippen molar-refractivity contribution in [3.8, 4) is 0 Å². The van der Waals surface area contributed by atoms with E-state index in [2.05, 4.69) is 25.8 Å². The van der Waals surface area contributed by atoms with Crippen LogP contribution in [-0.2, 0) is 0 Å². The maximum absolute atomic E-state index is 11.6. The van der Waals surface area contributed by atoms with Crippen molar-refractivity contribution >= 4 is 11.8 Å². The van der Waals surface area contributed by atoms with Gasteiger partial charge in [-0.1, -0.05) is 6.07 Å². The molecule has 18 heavy (non-hydrogen) atoms. The van der Waals surface area contributed by atoms with Crippen LogP contribution in [-0.4, -0.2) is 26.8 Å². The molecule has 2 rings (SSSR count). The molecule has 0 aliphatic rings. The molecule has 0 spiro atoms. The Bertz CT molecular complexity index is 492. The molecule has 2 N–H and O–H groups in total. The Balaban J connectivity index is 1.93. The average Bonchev–Trinajstić information content (AvgIpc) is 2.46. The van der Waals surface area contributed by atoms with Crippen molar-refractivity contribution in [2.24, 2.45) is 0 Å². The number of nitrogens with zero attached hydrogens (tertiary/aromatic N) is 3. The molecule has 90 valence electrons. The number of carbonyl (C=O) groups is 2. The van der Waals surface area contributed by atoms with E-state index in [1.165, 1.54) is 30.9 Å². The molecule has 0 saturated carbocycles. The van der Waals surface area contributed by atoms with Crippen molar-refractivity contribution in [2.75, 3.05) is 0 Å². The first-order valence-electron chi connectivity index (χ1n) is 5.05. The van der Waals surface area contributed by atoms with Crippen LogP contribution in [0.1, 0.15) is 21.0 Å². The molecular weight excluding hydrogens is 234 g/mol.